The maximum atomic E-state index is 12.0. The average Bonchev–Trinajstić information content (AvgIpc) is 3.08. The number of amides is 1. The zero-order valence-corrected chi connectivity index (χ0v) is 11.6. The Morgan fingerprint density at radius 2 is 1.79 bits per heavy atom. The van der Waals surface area contributed by atoms with Crippen molar-refractivity contribution in [2.45, 2.75) is 57.0 Å². The number of carbonyl (C=O) groups excluding carboxylic acids is 1. The molecule has 0 N–H and O–H groups in total. The second-order valence-corrected chi connectivity index (χ2v) is 6.31. The van der Waals surface area contributed by atoms with Crippen LogP contribution in [0.25, 0.3) is 0 Å². The standard InChI is InChI=1S/C15H23N3O/c16-9-12-8-15(19)18(10-12)14-6-3-7-17(11-14)13-4-1-2-5-13/h12-14H,1-8,10-11H2. The van der Waals surface area contributed by atoms with Crippen LogP contribution in [0.1, 0.15) is 44.9 Å². The third-order valence-corrected chi connectivity index (χ3v) is 5.05. The minimum atomic E-state index is -0.0747. The lowest BCUT2D eigenvalue weighted by molar-refractivity contribution is -0.130. The lowest BCUT2D eigenvalue weighted by Gasteiger charge is -2.40. The van der Waals surface area contributed by atoms with Crippen LogP contribution in [-0.4, -0.2) is 47.4 Å². The first kappa shape index (κ1) is 12.9. The van der Waals surface area contributed by atoms with Gasteiger partial charge in [0.05, 0.1) is 12.0 Å². The van der Waals surface area contributed by atoms with E-state index in [1.165, 1.54) is 38.6 Å². The SMILES string of the molecule is N#CC1CC(=O)N(C2CCCN(C3CCCC3)C2)C1. The fraction of sp³-hybridized carbons (Fsp3) is 0.867. The number of hydrogen-bond acceptors (Lipinski definition) is 3. The van der Waals surface area contributed by atoms with Crippen LogP contribution in [0.3, 0.4) is 0 Å². The van der Waals surface area contributed by atoms with Crippen molar-refractivity contribution in [3.8, 4) is 6.07 Å². The summed E-state index contributed by atoms with van der Waals surface area (Å²) < 4.78 is 0. The molecule has 0 radical (unpaired) electrons. The van der Waals surface area contributed by atoms with Crippen LogP contribution in [0.4, 0.5) is 0 Å². The van der Waals surface area contributed by atoms with Crippen LogP contribution < -0.4 is 0 Å². The summed E-state index contributed by atoms with van der Waals surface area (Å²) in [6, 6.07) is 3.37. The molecule has 2 heterocycles. The van der Waals surface area contributed by atoms with Gasteiger partial charge < -0.3 is 4.90 Å². The van der Waals surface area contributed by atoms with Crippen molar-refractivity contribution in [2.24, 2.45) is 5.92 Å². The van der Waals surface area contributed by atoms with Crippen molar-refractivity contribution in [3.05, 3.63) is 0 Å². The molecular formula is C15H23N3O. The Labute approximate surface area is 115 Å². The Hall–Kier alpha value is -1.08. The predicted molar refractivity (Wildman–Crippen MR) is 72.3 cm³/mol. The van der Waals surface area contributed by atoms with Gasteiger partial charge in [-0.1, -0.05) is 12.8 Å². The summed E-state index contributed by atoms with van der Waals surface area (Å²) in [5.41, 5.74) is 0. The lowest BCUT2D eigenvalue weighted by atomic mass is 10.0. The van der Waals surface area contributed by atoms with Crippen molar-refractivity contribution >= 4 is 5.91 Å². The minimum Gasteiger partial charge on any atom is -0.337 e. The zero-order valence-electron chi connectivity index (χ0n) is 11.6. The molecule has 0 aromatic heterocycles. The van der Waals surface area contributed by atoms with Crippen molar-refractivity contribution in [3.63, 3.8) is 0 Å². The van der Waals surface area contributed by atoms with E-state index in [1.54, 1.807) is 0 Å². The number of rotatable bonds is 2. The van der Waals surface area contributed by atoms with Gasteiger partial charge in [-0.3, -0.25) is 9.69 Å². The Morgan fingerprint density at radius 1 is 1.05 bits per heavy atom. The first-order chi connectivity index (χ1) is 9.28. The highest BCUT2D eigenvalue weighted by Gasteiger charge is 2.37. The van der Waals surface area contributed by atoms with E-state index in [1.807, 2.05) is 4.90 Å². The van der Waals surface area contributed by atoms with Crippen LogP contribution in [0, 0.1) is 17.2 Å². The van der Waals surface area contributed by atoms with Gasteiger partial charge in [-0.05, 0) is 32.2 Å². The molecule has 2 unspecified atom stereocenters. The molecule has 104 valence electrons. The first-order valence-electron chi connectivity index (χ1n) is 7.71. The van der Waals surface area contributed by atoms with E-state index in [2.05, 4.69) is 11.0 Å². The Bertz CT molecular complexity index is 383. The lowest BCUT2D eigenvalue weighted by Crippen LogP contribution is -2.51. The van der Waals surface area contributed by atoms with Gasteiger partial charge in [0.1, 0.15) is 0 Å². The highest BCUT2D eigenvalue weighted by molar-refractivity contribution is 5.79. The van der Waals surface area contributed by atoms with Crippen LogP contribution in [0.5, 0.6) is 0 Å². The molecule has 0 aromatic rings. The van der Waals surface area contributed by atoms with Crippen LogP contribution in [0.15, 0.2) is 0 Å². The maximum Gasteiger partial charge on any atom is 0.224 e. The van der Waals surface area contributed by atoms with Gasteiger partial charge in [0, 0.05) is 31.6 Å². The second kappa shape index (κ2) is 5.50. The van der Waals surface area contributed by atoms with Gasteiger partial charge >= 0.3 is 0 Å². The number of nitriles is 1. The molecule has 0 aromatic carbocycles. The van der Waals surface area contributed by atoms with E-state index in [9.17, 15) is 4.79 Å². The molecule has 4 nitrogen and oxygen atoms in total. The molecule has 1 aliphatic carbocycles. The molecule has 3 rings (SSSR count). The largest absolute Gasteiger partial charge is 0.337 e. The van der Waals surface area contributed by atoms with Gasteiger partial charge in [-0.2, -0.15) is 5.26 Å². The van der Waals surface area contributed by atoms with Gasteiger partial charge in [0.15, 0.2) is 0 Å². The third kappa shape index (κ3) is 2.62. The smallest absolute Gasteiger partial charge is 0.224 e. The summed E-state index contributed by atoms with van der Waals surface area (Å²) in [6.45, 7) is 2.90. The van der Waals surface area contributed by atoms with Crippen molar-refractivity contribution in [1.82, 2.24) is 9.80 Å². The summed E-state index contributed by atoms with van der Waals surface area (Å²) >= 11 is 0. The molecule has 3 aliphatic rings. The Morgan fingerprint density at radius 3 is 2.47 bits per heavy atom. The molecule has 3 fully saturated rings. The Balaban J connectivity index is 1.62. The van der Waals surface area contributed by atoms with E-state index in [0.717, 1.165) is 19.0 Å². The topological polar surface area (TPSA) is 47.3 Å². The molecule has 4 heteroatoms. The summed E-state index contributed by atoms with van der Waals surface area (Å²) in [4.78, 5) is 16.6. The van der Waals surface area contributed by atoms with Crippen LogP contribution >= 0.6 is 0 Å². The van der Waals surface area contributed by atoms with Crippen molar-refractivity contribution in [1.29, 1.82) is 5.26 Å². The van der Waals surface area contributed by atoms with Crippen molar-refractivity contribution < 1.29 is 4.79 Å². The van der Waals surface area contributed by atoms with Gasteiger partial charge in [-0.15, -0.1) is 0 Å². The number of likely N-dealkylation sites (tertiary alicyclic amines) is 2. The van der Waals surface area contributed by atoms with E-state index < -0.39 is 0 Å². The summed E-state index contributed by atoms with van der Waals surface area (Å²) in [7, 11) is 0. The summed E-state index contributed by atoms with van der Waals surface area (Å²) in [5, 5.41) is 8.99. The average molecular weight is 261 g/mol. The number of piperidine rings is 1. The van der Waals surface area contributed by atoms with E-state index in [0.29, 0.717) is 19.0 Å². The molecule has 2 saturated heterocycles. The third-order valence-electron chi connectivity index (χ3n) is 5.05. The predicted octanol–water partition coefficient (Wildman–Crippen LogP) is 1.77. The highest BCUT2D eigenvalue weighted by Crippen LogP contribution is 2.29. The number of nitrogens with zero attached hydrogens (tertiary/aromatic N) is 3. The maximum absolute atomic E-state index is 12.0. The van der Waals surface area contributed by atoms with Gasteiger partial charge in [0.2, 0.25) is 5.91 Å². The fourth-order valence-electron chi connectivity index (χ4n) is 4.01. The molecule has 2 aliphatic heterocycles. The summed E-state index contributed by atoms with van der Waals surface area (Å²) in [6.07, 6.45) is 8.16. The van der Waals surface area contributed by atoms with Gasteiger partial charge in [-0.25, -0.2) is 0 Å². The van der Waals surface area contributed by atoms with Crippen LogP contribution in [-0.2, 0) is 4.79 Å². The van der Waals surface area contributed by atoms with E-state index in [4.69, 9.17) is 5.26 Å². The molecule has 0 spiro atoms. The zero-order chi connectivity index (χ0) is 13.2. The minimum absolute atomic E-state index is 0.0747. The van der Waals surface area contributed by atoms with E-state index in [-0.39, 0.29) is 11.8 Å². The molecule has 1 amide bonds. The quantitative estimate of drug-likeness (QED) is 0.761. The highest BCUT2D eigenvalue weighted by atomic mass is 16.2. The normalized spacial score (nSPS) is 33.8. The number of carbonyl (C=O) groups is 1. The molecular weight excluding hydrogens is 238 g/mol. The Kier molecular flexibility index (Phi) is 3.74. The molecule has 0 bridgehead atoms. The molecule has 1 saturated carbocycles. The first-order valence-corrected chi connectivity index (χ1v) is 7.71. The second-order valence-electron chi connectivity index (χ2n) is 6.31. The van der Waals surface area contributed by atoms with Gasteiger partial charge in [0.25, 0.3) is 0 Å². The number of hydrogen-bond donors (Lipinski definition) is 0. The molecule has 2 atom stereocenters. The van der Waals surface area contributed by atoms with Crippen molar-refractivity contribution in [2.75, 3.05) is 19.6 Å². The fourth-order valence-corrected chi connectivity index (χ4v) is 4.01. The van der Waals surface area contributed by atoms with Crippen LogP contribution in [0.2, 0.25) is 0 Å². The molecule has 19 heavy (non-hydrogen) atoms. The van der Waals surface area contributed by atoms with E-state index >= 15 is 0 Å². The summed E-state index contributed by atoms with van der Waals surface area (Å²) in [5.74, 6) is 0.124. The monoisotopic (exact) mass is 261 g/mol.